The maximum Gasteiger partial charge on any atom is 0.329 e. The molecule has 1 aromatic heterocycles. The summed E-state index contributed by atoms with van der Waals surface area (Å²) in [5, 5.41) is 0. The molecule has 5 nitrogen and oxygen atoms in total. The number of rotatable bonds is 3. The number of aromatic nitrogens is 2. The van der Waals surface area contributed by atoms with Crippen LogP contribution in [0.5, 0.6) is 0 Å². The molecule has 1 heterocycles. The average Bonchev–Trinajstić information content (AvgIpc) is 2.80. The zero-order valence-corrected chi connectivity index (χ0v) is 14.4. The molecule has 3 rings (SSSR count). The summed E-state index contributed by atoms with van der Waals surface area (Å²) in [6.45, 7) is 4.02. The van der Waals surface area contributed by atoms with Crippen molar-refractivity contribution in [3.63, 3.8) is 0 Å². The minimum absolute atomic E-state index is 0.0179. The molecule has 0 bridgehead atoms. The van der Waals surface area contributed by atoms with Gasteiger partial charge in [0, 0.05) is 19.8 Å². The number of anilines is 1. The minimum Gasteiger partial charge on any atom is -0.314 e. The molecule has 0 saturated carbocycles. The van der Waals surface area contributed by atoms with Gasteiger partial charge in [-0.1, -0.05) is 29.8 Å². The number of carbonyl (C=O) groups is 1. The van der Waals surface area contributed by atoms with Gasteiger partial charge in [0.05, 0.1) is 11.0 Å². The van der Waals surface area contributed by atoms with Gasteiger partial charge in [-0.25, -0.2) is 4.79 Å². The van der Waals surface area contributed by atoms with E-state index in [-0.39, 0.29) is 18.1 Å². The Kier molecular flexibility index (Phi) is 4.01. The lowest BCUT2D eigenvalue weighted by Crippen LogP contribution is -2.34. The second-order valence-electron chi connectivity index (χ2n) is 6.16. The van der Waals surface area contributed by atoms with Gasteiger partial charge in [0.1, 0.15) is 6.54 Å². The number of nitrogens with zero attached hydrogens (tertiary/aromatic N) is 3. The molecule has 1 amide bonds. The van der Waals surface area contributed by atoms with Crippen molar-refractivity contribution in [1.82, 2.24) is 9.13 Å². The first-order chi connectivity index (χ1) is 11.4. The highest BCUT2D eigenvalue weighted by Crippen LogP contribution is 2.20. The third-order valence-corrected chi connectivity index (χ3v) is 4.43. The fourth-order valence-corrected chi connectivity index (χ4v) is 3.07. The second kappa shape index (κ2) is 6.00. The van der Waals surface area contributed by atoms with E-state index >= 15 is 0 Å². The van der Waals surface area contributed by atoms with Crippen LogP contribution in [0.2, 0.25) is 0 Å². The van der Waals surface area contributed by atoms with Crippen molar-refractivity contribution in [3.8, 4) is 0 Å². The molecule has 124 valence electrons. The van der Waals surface area contributed by atoms with Crippen LogP contribution in [0.3, 0.4) is 0 Å². The predicted molar refractivity (Wildman–Crippen MR) is 96.5 cm³/mol. The number of hydrogen-bond donors (Lipinski definition) is 0. The highest BCUT2D eigenvalue weighted by molar-refractivity contribution is 5.94. The van der Waals surface area contributed by atoms with Gasteiger partial charge in [0.25, 0.3) is 0 Å². The lowest BCUT2D eigenvalue weighted by molar-refractivity contribution is -0.118. The van der Waals surface area contributed by atoms with E-state index in [1.54, 1.807) is 23.6 Å². The maximum atomic E-state index is 12.7. The van der Waals surface area contributed by atoms with E-state index in [2.05, 4.69) is 0 Å². The number of amides is 1. The van der Waals surface area contributed by atoms with Gasteiger partial charge in [-0.05, 0) is 37.6 Å². The van der Waals surface area contributed by atoms with Crippen LogP contribution in [-0.4, -0.2) is 22.1 Å². The monoisotopic (exact) mass is 323 g/mol. The summed E-state index contributed by atoms with van der Waals surface area (Å²) in [7, 11) is 3.47. The summed E-state index contributed by atoms with van der Waals surface area (Å²) >= 11 is 0. The van der Waals surface area contributed by atoms with Gasteiger partial charge in [0.15, 0.2) is 0 Å². The summed E-state index contributed by atoms with van der Waals surface area (Å²) in [5.74, 6) is -0.125. The third-order valence-electron chi connectivity index (χ3n) is 4.43. The lowest BCUT2D eigenvalue weighted by Gasteiger charge is -2.20. The molecule has 0 fully saturated rings. The number of aryl methyl sites for hydroxylation is 3. The van der Waals surface area contributed by atoms with Gasteiger partial charge < -0.3 is 4.90 Å². The predicted octanol–water partition coefficient (Wildman–Crippen LogP) is 2.62. The molecule has 0 aliphatic carbocycles. The highest BCUT2D eigenvalue weighted by Gasteiger charge is 2.17. The average molecular weight is 323 g/mol. The van der Waals surface area contributed by atoms with Crippen molar-refractivity contribution >= 4 is 22.6 Å². The standard InChI is InChI=1S/C19H21N3O2/c1-13-9-10-15(14(2)11-13)20(3)18(23)12-22-17-8-6-5-7-16(17)21(4)19(22)24/h5-11H,12H2,1-4H3. The number of fused-ring (bicyclic) bond motifs is 1. The first-order valence-electron chi connectivity index (χ1n) is 7.88. The van der Waals surface area contributed by atoms with Crippen LogP contribution in [0.1, 0.15) is 11.1 Å². The summed E-state index contributed by atoms with van der Waals surface area (Å²) in [4.78, 5) is 26.8. The van der Waals surface area contributed by atoms with Crippen molar-refractivity contribution in [2.75, 3.05) is 11.9 Å². The Morgan fingerprint density at radius 3 is 2.42 bits per heavy atom. The van der Waals surface area contributed by atoms with E-state index in [0.717, 1.165) is 27.8 Å². The summed E-state index contributed by atoms with van der Waals surface area (Å²) in [6, 6.07) is 13.5. The molecule has 0 atom stereocenters. The molecule has 2 aromatic carbocycles. The number of likely N-dealkylation sites (N-methyl/N-ethyl adjacent to an activating group) is 1. The molecule has 3 aromatic rings. The molecule has 0 spiro atoms. The van der Waals surface area contributed by atoms with E-state index in [0.29, 0.717) is 0 Å². The Labute approximate surface area is 140 Å². The quantitative estimate of drug-likeness (QED) is 0.744. The lowest BCUT2D eigenvalue weighted by atomic mass is 10.1. The zero-order valence-electron chi connectivity index (χ0n) is 14.4. The Bertz CT molecular complexity index is 982. The van der Waals surface area contributed by atoms with Gasteiger partial charge >= 0.3 is 5.69 Å². The van der Waals surface area contributed by atoms with E-state index in [4.69, 9.17) is 0 Å². The number of hydrogen-bond acceptors (Lipinski definition) is 2. The topological polar surface area (TPSA) is 47.2 Å². The van der Waals surface area contributed by atoms with Crippen LogP contribution < -0.4 is 10.6 Å². The zero-order chi connectivity index (χ0) is 17.4. The molecule has 0 radical (unpaired) electrons. The maximum absolute atomic E-state index is 12.7. The van der Waals surface area contributed by atoms with Crippen molar-refractivity contribution < 1.29 is 4.79 Å². The van der Waals surface area contributed by atoms with E-state index in [1.165, 1.54) is 4.57 Å². The van der Waals surface area contributed by atoms with Crippen LogP contribution in [0.15, 0.2) is 47.3 Å². The van der Waals surface area contributed by atoms with Crippen molar-refractivity contribution in [3.05, 3.63) is 64.1 Å². The van der Waals surface area contributed by atoms with E-state index in [9.17, 15) is 9.59 Å². The summed E-state index contributed by atoms with van der Waals surface area (Å²) in [6.07, 6.45) is 0. The largest absolute Gasteiger partial charge is 0.329 e. The Hall–Kier alpha value is -2.82. The molecule has 0 aliphatic heterocycles. The number of carbonyl (C=O) groups excluding carboxylic acids is 1. The fraction of sp³-hybridized carbons (Fsp3) is 0.263. The summed E-state index contributed by atoms with van der Waals surface area (Å²) in [5.41, 5.74) is 4.47. The summed E-state index contributed by atoms with van der Waals surface area (Å²) < 4.78 is 3.09. The smallest absolute Gasteiger partial charge is 0.314 e. The fourth-order valence-electron chi connectivity index (χ4n) is 3.07. The number of imidazole rings is 1. The third kappa shape index (κ3) is 2.62. The highest BCUT2D eigenvalue weighted by atomic mass is 16.2. The van der Waals surface area contributed by atoms with Crippen molar-refractivity contribution in [1.29, 1.82) is 0 Å². The number of benzene rings is 2. The molecule has 0 saturated heterocycles. The Balaban J connectivity index is 1.95. The molecule has 0 N–H and O–H groups in total. The van der Waals surface area contributed by atoms with Crippen LogP contribution >= 0.6 is 0 Å². The van der Waals surface area contributed by atoms with Crippen molar-refractivity contribution in [2.45, 2.75) is 20.4 Å². The van der Waals surface area contributed by atoms with Gasteiger partial charge in [-0.2, -0.15) is 0 Å². The first kappa shape index (κ1) is 16.1. The van der Waals surface area contributed by atoms with Crippen LogP contribution in [0.25, 0.3) is 11.0 Å². The molecule has 0 unspecified atom stereocenters. The van der Waals surface area contributed by atoms with Crippen LogP contribution in [0, 0.1) is 13.8 Å². The van der Waals surface area contributed by atoms with Gasteiger partial charge in [-0.3, -0.25) is 13.9 Å². The Morgan fingerprint density at radius 2 is 1.75 bits per heavy atom. The molecule has 0 aliphatic rings. The van der Waals surface area contributed by atoms with Crippen LogP contribution in [-0.2, 0) is 18.4 Å². The SMILES string of the molecule is Cc1ccc(N(C)C(=O)Cn2c(=O)n(C)c3ccccc32)c(C)c1. The van der Waals surface area contributed by atoms with E-state index < -0.39 is 0 Å². The second-order valence-corrected chi connectivity index (χ2v) is 6.16. The number of para-hydroxylation sites is 2. The first-order valence-corrected chi connectivity index (χ1v) is 7.88. The van der Waals surface area contributed by atoms with Crippen LogP contribution in [0.4, 0.5) is 5.69 Å². The van der Waals surface area contributed by atoms with Gasteiger partial charge in [0.2, 0.25) is 5.91 Å². The molecular weight excluding hydrogens is 302 g/mol. The molecular formula is C19H21N3O2. The van der Waals surface area contributed by atoms with Gasteiger partial charge in [-0.15, -0.1) is 0 Å². The van der Waals surface area contributed by atoms with E-state index in [1.807, 2.05) is 56.3 Å². The molecule has 24 heavy (non-hydrogen) atoms. The normalized spacial score (nSPS) is 11.0. The van der Waals surface area contributed by atoms with Crippen molar-refractivity contribution in [2.24, 2.45) is 7.05 Å². The molecule has 5 heteroatoms. The Morgan fingerprint density at radius 1 is 1.08 bits per heavy atom. The minimum atomic E-state index is -0.182.